The number of ether oxygens (including phenoxy) is 2. The van der Waals surface area contributed by atoms with Crippen LogP contribution < -0.4 is 9.47 Å². The number of fused-ring (bicyclic) bond motifs is 1. The molecule has 0 aliphatic carbocycles. The summed E-state index contributed by atoms with van der Waals surface area (Å²) >= 11 is 0. The van der Waals surface area contributed by atoms with Crippen molar-refractivity contribution in [1.29, 1.82) is 5.26 Å². The van der Waals surface area contributed by atoms with Crippen molar-refractivity contribution in [2.45, 2.75) is 19.8 Å². The van der Waals surface area contributed by atoms with E-state index in [1.807, 2.05) is 54.8 Å². The van der Waals surface area contributed by atoms with Gasteiger partial charge in [-0.05, 0) is 43.7 Å². The second kappa shape index (κ2) is 6.25. The zero-order valence-electron chi connectivity index (χ0n) is 14.2. The quantitative estimate of drug-likeness (QED) is 0.730. The average molecular weight is 321 g/mol. The van der Waals surface area contributed by atoms with Gasteiger partial charge in [0.05, 0.1) is 37.6 Å². The number of hydrogen-bond acceptors (Lipinski definition) is 4. The van der Waals surface area contributed by atoms with Crippen LogP contribution >= 0.6 is 0 Å². The molecule has 0 radical (unpaired) electrons. The number of aromatic nitrogens is 2. The van der Waals surface area contributed by atoms with Gasteiger partial charge in [0.2, 0.25) is 0 Å². The molecule has 0 saturated heterocycles. The van der Waals surface area contributed by atoms with Gasteiger partial charge < -0.3 is 13.9 Å². The molecule has 0 saturated carbocycles. The van der Waals surface area contributed by atoms with E-state index in [0.717, 1.165) is 28.2 Å². The lowest BCUT2D eigenvalue weighted by Gasteiger charge is -2.11. The highest BCUT2D eigenvalue weighted by Crippen LogP contribution is 2.35. The van der Waals surface area contributed by atoms with Gasteiger partial charge in [-0.1, -0.05) is 6.07 Å². The Labute approximate surface area is 141 Å². The molecule has 0 fully saturated rings. The number of rotatable bonds is 4. The molecule has 3 rings (SSSR count). The number of imidazole rings is 1. The van der Waals surface area contributed by atoms with Crippen LogP contribution in [0.4, 0.5) is 0 Å². The summed E-state index contributed by atoms with van der Waals surface area (Å²) in [5.41, 5.74) is 4.50. The molecule has 0 N–H and O–H groups in total. The van der Waals surface area contributed by atoms with Crippen molar-refractivity contribution in [3.8, 4) is 28.8 Å². The molecule has 0 amide bonds. The van der Waals surface area contributed by atoms with Crippen molar-refractivity contribution >= 4 is 5.65 Å². The lowest BCUT2D eigenvalue weighted by atomic mass is 10.0. The summed E-state index contributed by atoms with van der Waals surface area (Å²) in [4.78, 5) is 4.74. The van der Waals surface area contributed by atoms with Gasteiger partial charge in [-0.25, -0.2) is 4.98 Å². The van der Waals surface area contributed by atoms with Gasteiger partial charge in [-0.2, -0.15) is 5.26 Å². The Balaban J connectivity index is 2.28. The Morgan fingerprint density at radius 3 is 2.54 bits per heavy atom. The number of methoxy groups -OCH3 is 2. The molecule has 5 nitrogen and oxygen atoms in total. The van der Waals surface area contributed by atoms with Crippen LogP contribution in [0.1, 0.15) is 24.1 Å². The molecule has 0 spiro atoms. The van der Waals surface area contributed by atoms with Gasteiger partial charge in [0.15, 0.2) is 11.5 Å². The first kappa shape index (κ1) is 15.9. The van der Waals surface area contributed by atoms with Crippen LogP contribution in [0.3, 0.4) is 0 Å². The lowest BCUT2D eigenvalue weighted by Crippen LogP contribution is -1.99. The van der Waals surface area contributed by atoms with Crippen molar-refractivity contribution in [2.24, 2.45) is 0 Å². The highest BCUT2D eigenvalue weighted by Gasteiger charge is 2.20. The fraction of sp³-hybridized carbons (Fsp3) is 0.263. The molecule has 5 heteroatoms. The number of pyridine rings is 1. The second-order valence-corrected chi connectivity index (χ2v) is 5.70. The summed E-state index contributed by atoms with van der Waals surface area (Å²) in [5, 5.41) is 9.45. The van der Waals surface area contributed by atoms with E-state index in [9.17, 15) is 5.26 Å². The minimum Gasteiger partial charge on any atom is -0.493 e. The maximum Gasteiger partial charge on any atom is 0.161 e. The molecule has 1 atom stereocenters. The Morgan fingerprint density at radius 2 is 1.88 bits per heavy atom. The Bertz CT molecular complexity index is 938. The van der Waals surface area contributed by atoms with Crippen LogP contribution in [-0.2, 0) is 0 Å². The lowest BCUT2D eigenvalue weighted by molar-refractivity contribution is 0.355. The summed E-state index contributed by atoms with van der Waals surface area (Å²) in [6, 6.07) is 12.0. The molecule has 1 unspecified atom stereocenters. The van der Waals surface area contributed by atoms with E-state index in [4.69, 9.17) is 14.5 Å². The molecule has 0 bridgehead atoms. The van der Waals surface area contributed by atoms with Crippen LogP contribution in [0.2, 0.25) is 0 Å². The SMILES string of the molecule is COc1ccc(-c2nc3ccc(C)cn3c2C(C)C#N)cc1OC. The predicted molar refractivity (Wildman–Crippen MR) is 92.5 cm³/mol. The fourth-order valence-electron chi connectivity index (χ4n) is 2.84. The van der Waals surface area contributed by atoms with Gasteiger partial charge in [-0.3, -0.25) is 0 Å². The molecule has 3 aromatic rings. The van der Waals surface area contributed by atoms with E-state index in [2.05, 4.69) is 6.07 Å². The molecule has 0 aliphatic rings. The van der Waals surface area contributed by atoms with Gasteiger partial charge in [0.1, 0.15) is 5.65 Å². The summed E-state index contributed by atoms with van der Waals surface area (Å²) in [7, 11) is 3.21. The van der Waals surface area contributed by atoms with Crippen molar-refractivity contribution in [3.63, 3.8) is 0 Å². The molecule has 2 heterocycles. The van der Waals surface area contributed by atoms with Crippen LogP contribution in [0, 0.1) is 18.3 Å². The van der Waals surface area contributed by atoms with Crippen molar-refractivity contribution < 1.29 is 9.47 Å². The van der Waals surface area contributed by atoms with Crippen LogP contribution in [0.15, 0.2) is 36.5 Å². The first-order valence-corrected chi connectivity index (χ1v) is 7.69. The highest BCUT2D eigenvalue weighted by atomic mass is 16.5. The number of hydrogen-bond donors (Lipinski definition) is 0. The molecular weight excluding hydrogens is 302 g/mol. The monoisotopic (exact) mass is 321 g/mol. The van der Waals surface area contributed by atoms with E-state index in [0.29, 0.717) is 11.5 Å². The minimum atomic E-state index is -0.287. The van der Waals surface area contributed by atoms with Crippen LogP contribution in [0.5, 0.6) is 11.5 Å². The summed E-state index contributed by atoms with van der Waals surface area (Å²) in [6.45, 7) is 3.91. The van der Waals surface area contributed by atoms with Crippen molar-refractivity contribution in [1.82, 2.24) is 9.38 Å². The number of aryl methyl sites for hydroxylation is 1. The zero-order valence-corrected chi connectivity index (χ0v) is 14.2. The van der Waals surface area contributed by atoms with E-state index in [1.165, 1.54) is 0 Å². The normalized spacial score (nSPS) is 12.0. The molecule has 0 aliphatic heterocycles. The number of nitrogens with zero attached hydrogens (tertiary/aromatic N) is 3. The Hall–Kier alpha value is -3.00. The standard InChI is InChI=1S/C19H19N3O2/c1-12-5-8-17-21-18(19(13(2)10-20)22(17)11-12)14-6-7-15(23-3)16(9-14)24-4/h5-9,11,13H,1-4H3. The van der Waals surface area contributed by atoms with Crippen LogP contribution in [0.25, 0.3) is 16.9 Å². The van der Waals surface area contributed by atoms with E-state index in [1.54, 1.807) is 14.2 Å². The van der Waals surface area contributed by atoms with Gasteiger partial charge in [0.25, 0.3) is 0 Å². The third kappa shape index (κ3) is 2.56. The zero-order chi connectivity index (χ0) is 17.3. The molecule has 1 aromatic carbocycles. The van der Waals surface area contributed by atoms with E-state index < -0.39 is 0 Å². The highest BCUT2D eigenvalue weighted by molar-refractivity contribution is 5.70. The maximum absolute atomic E-state index is 9.45. The topological polar surface area (TPSA) is 59.5 Å². The number of benzene rings is 1. The van der Waals surface area contributed by atoms with Crippen molar-refractivity contribution in [3.05, 3.63) is 47.8 Å². The first-order valence-electron chi connectivity index (χ1n) is 7.69. The second-order valence-electron chi connectivity index (χ2n) is 5.70. The summed E-state index contributed by atoms with van der Waals surface area (Å²) in [5.74, 6) is 1.01. The van der Waals surface area contributed by atoms with Gasteiger partial charge in [-0.15, -0.1) is 0 Å². The van der Waals surface area contributed by atoms with Gasteiger partial charge in [0, 0.05) is 11.8 Å². The Kier molecular flexibility index (Phi) is 4.13. The summed E-state index contributed by atoms with van der Waals surface area (Å²) < 4.78 is 12.7. The predicted octanol–water partition coefficient (Wildman–Crippen LogP) is 3.95. The molecule has 24 heavy (non-hydrogen) atoms. The first-order chi connectivity index (χ1) is 11.6. The molecule has 122 valence electrons. The summed E-state index contributed by atoms with van der Waals surface area (Å²) in [6.07, 6.45) is 2.01. The third-order valence-electron chi connectivity index (χ3n) is 4.06. The van der Waals surface area contributed by atoms with E-state index in [-0.39, 0.29) is 5.92 Å². The smallest absolute Gasteiger partial charge is 0.161 e. The maximum atomic E-state index is 9.45. The van der Waals surface area contributed by atoms with Crippen molar-refractivity contribution in [2.75, 3.05) is 14.2 Å². The molecule has 2 aromatic heterocycles. The van der Waals surface area contributed by atoms with Crippen LogP contribution in [-0.4, -0.2) is 23.6 Å². The molecular formula is C19H19N3O2. The Morgan fingerprint density at radius 1 is 1.12 bits per heavy atom. The fourth-order valence-corrected chi connectivity index (χ4v) is 2.84. The van der Waals surface area contributed by atoms with Gasteiger partial charge >= 0.3 is 0 Å². The number of nitriles is 1. The third-order valence-corrected chi connectivity index (χ3v) is 4.06. The largest absolute Gasteiger partial charge is 0.493 e. The minimum absolute atomic E-state index is 0.287. The average Bonchev–Trinajstić information content (AvgIpc) is 2.98. The van der Waals surface area contributed by atoms with E-state index >= 15 is 0 Å².